The zero-order chi connectivity index (χ0) is 16.4. The van der Waals surface area contributed by atoms with Crippen LogP contribution in [0, 0.1) is 40.4 Å². The summed E-state index contributed by atoms with van der Waals surface area (Å²) >= 11 is 0. The van der Waals surface area contributed by atoms with Gasteiger partial charge in [-0.1, -0.05) is 13.8 Å². The first-order chi connectivity index (χ1) is 10.9. The summed E-state index contributed by atoms with van der Waals surface area (Å²) in [7, 11) is 0. The molecule has 0 spiro atoms. The van der Waals surface area contributed by atoms with Crippen LogP contribution in [0.1, 0.15) is 65.2 Å². The number of aldehydes is 1. The first-order valence-corrected chi connectivity index (χ1v) is 9.41. The minimum atomic E-state index is -0.162. The highest BCUT2D eigenvalue weighted by Crippen LogP contribution is 2.64. The van der Waals surface area contributed by atoms with Gasteiger partial charge in [0.05, 0.1) is 0 Å². The van der Waals surface area contributed by atoms with Crippen LogP contribution in [0.5, 0.6) is 0 Å². The lowest BCUT2D eigenvalue weighted by atomic mass is 9.44. The van der Waals surface area contributed by atoms with Gasteiger partial charge in [-0.15, -0.1) is 0 Å². The first-order valence-electron chi connectivity index (χ1n) is 9.41. The van der Waals surface area contributed by atoms with Crippen molar-refractivity contribution in [1.82, 2.24) is 0 Å². The Kier molecular flexibility index (Phi) is 3.38. The number of rotatable bonds is 1. The summed E-state index contributed by atoms with van der Waals surface area (Å²) in [4.78, 5) is 36.5. The van der Waals surface area contributed by atoms with E-state index in [4.69, 9.17) is 0 Å². The molecule has 23 heavy (non-hydrogen) atoms. The fraction of sp³-hybridized carbons (Fsp3) is 0.850. The molecule has 3 nitrogen and oxygen atoms in total. The molecule has 0 aromatic rings. The lowest BCUT2D eigenvalue weighted by Gasteiger charge is -2.59. The van der Waals surface area contributed by atoms with E-state index in [-0.39, 0.29) is 22.7 Å². The van der Waals surface area contributed by atoms with E-state index in [1.54, 1.807) is 0 Å². The van der Waals surface area contributed by atoms with Crippen molar-refractivity contribution in [1.29, 1.82) is 0 Å². The van der Waals surface area contributed by atoms with E-state index in [0.29, 0.717) is 42.2 Å². The number of hydrogen-bond donors (Lipinski definition) is 0. The lowest BCUT2D eigenvalue weighted by Crippen LogP contribution is -2.56. The molecule has 7 atom stereocenters. The zero-order valence-electron chi connectivity index (χ0n) is 14.3. The van der Waals surface area contributed by atoms with Crippen LogP contribution in [-0.4, -0.2) is 17.9 Å². The third kappa shape index (κ3) is 1.97. The van der Waals surface area contributed by atoms with Crippen LogP contribution in [0.15, 0.2) is 0 Å². The molecule has 2 unspecified atom stereocenters. The largest absolute Gasteiger partial charge is 0.303 e. The normalized spacial score (nSPS) is 52.5. The van der Waals surface area contributed by atoms with Gasteiger partial charge < -0.3 is 4.79 Å². The molecule has 0 radical (unpaired) electrons. The Morgan fingerprint density at radius 3 is 2.57 bits per heavy atom. The van der Waals surface area contributed by atoms with Crippen LogP contribution < -0.4 is 0 Å². The summed E-state index contributed by atoms with van der Waals surface area (Å²) in [5.41, 5.74) is -0.100. The molecule has 0 aromatic heterocycles. The SMILES string of the molecule is C[C@]12CCC(C=O)CC1C(=O)C[C@@H]1[C@@H]2CC[C@]2(C)C(=O)CC[C@@H]12. The van der Waals surface area contributed by atoms with Crippen LogP contribution in [-0.2, 0) is 14.4 Å². The Morgan fingerprint density at radius 1 is 1.04 bits per heavy atom. The van der Waals surface area contributed by atoms with E-state index < -0.39 is 0 Å². The Morgan fingerprint density at radius 2 is 1.83 bits per heavy atom. The van der Waals surface area contributed by atoms with Crippen LogP contribution >= 0.6 is 0 Å². The van der Waals surface area contributed by atoms with E-state index in [1.807, 2.05) is 0 Å². The van der Waals surface area contributed by atoms with Gasteiger partial charge in [-0.25, -0.2) is 0 Å². The summed E-state index contributed by atoms with van der Waals surface area (Å²) in [6.45, 7) is 4.47. The molecule has 0 bridgehead atoms. The van der Waals surface area contributed by atoms with Crippen LogP contribution in [0.4, 0.5) is 0 Å². The first kappa shape index (κ1) is 15.5. The van der Waals surface area contributed by atoms with Crippen molar-refractivity contribution in [2.24, 2.45) is 40.4 Å². The third-order valence-electron chi connectivity index (χ3n) is 8.40. The summed E-state index contributed by atoms with van der Waals surface area (Å²) in [6.07, 6.45) is 8.23. The monoisotopic (exact) mass is 316 g/mol. The fourth-order valence-corrected chi connectivity index (χ4v) is 6.96. The van der Waals surface area contributed by atoms with Gasteiger partial charge in [-0.2, -0.15) is 0 Å². The molecule has 4 saturated carbocycles. The molecule has 4 aliphatic carbocycles. The van der Waals surface area contributed by atoms with Gasteiger partial charge in [0.2, 0.25) is 0 Å². The Labute approximate surface area is 138 Å². The van der Waals surface area contributed by atoms with Gasteiger partial charge in [0.25, 0.3) is 0 Å². The van der Waals surface area contributed by atoms with Crippen molar-refractivity contribution < 1.29 is 14.4 Å². The van der Waals surface area contributed by atoms with Gasteiger partial charge in [-0.05, 0) is 61.7 Å². The van der Waals surface area contributed by atoms with Crippen LogP contribution in [0.2, 0.25) is 0 Å². The Hall–Kier alpha value is -0.990. The summed E-state index contributed by atoms with van der Waals surface area (Å²) < 4.78 is 0. The smallest absolute Gasteiger partial charge is 0.139 e. The standard InChI is InChI=1S/C20H28O3/c1-19-7-5-12(11-21)9-16(19)17(22)10-13-14-3-4-18(23)20(14,2)8-6-15(13)19/h11-16H,3-10H2,1-2H3/t12?,13-,14-,15-,16?,19+,20-/m0/s1. The number of ketones is 2. The minimum absolute atomic E-state index is 0.0620. The molecule has 3 heteroatoms. The van der Waals surface area contributed by atoms with E-state index >= 15 is 0 Å². The number of Topliss-reactive ketones (excluding diaryl/α,β-unsaturated/α-hetero) is 2. The van der Waals surface area contributed by atoms with Crippen molar-refractivity contribution in [2.45, 2.75) is 65.2 Å². The average Bonchev–Trinajstić information content (AvgIpc) is 2.83. The molecule has 0 amide bonds. The predicted molar refractivity (Wildman–Crippen MR) is 86.7 cm³/mol. The molecular weight excluding hydrogens is 288 g/mol. The molecule has 0 saturated heterocycles. The highest BCUT2D eigenvalue weighted by atomic mass is 16.1. The zero-order valence-corrected chi connectivity index (χ0v) is 14.3. The maximum Gasteiger partial charge on any atom is 0.139 e. The number of carbonyl (C=O) groups excluding carboxylic acids is 3. The van der Waals surface area contributed by atoms with Gasteiger partial charge in [0.1, 0.15) is 17.9 Å². The minimum Gasteiger partial charge on any atom is -0.303 e. The predicted octanol–water partition coefficient (Wildman–Crippen LogP) is 3.59. The molecule has 126 valence electrons. The van der Waals surface area contributed by atoms with E-state index in [1.165, 1.54) is 0 Å². The highest BCUT2D eigenvalue weighted by Gasteiger charge is 2.62. The molecule has 4 rings (SSSR count). The third-order valence-corrected chi connectivity index (χ3v) is 8.40. The molecule has 0 aliphatic heterocycles. The maximum atomic E-state index is 12.9. The van der Waals surface area contributed by atoms with Crippen LogP contribution in [0.25, 0.3) is 0 Å². The van der Waals surface area contributed by atoms with E-state index in [2.05, 4.69) is 13.8 Å². The van der Waals surface area contributed by atoms with Gasteiger partial charge in [0, 0.05) is 30.1 Å². The highest BCUT2D eigenvalue weighted by molar-refractivity contribution is 5.88. The summed E-state index contributed by atoms with van der Waals surface area (Å²) in [5.74, 6) is 2.36. The average molecular weight is 316 g/mol. The van der Waals surface area contributed by atoms with E-state index in [9.17, 15) is 14.4 Å². The number of fused-ring (bicyclic) bond motifs is 5. The summed E-state index contributed by atoms with van der Waals surface area (Å²) in [6, 6.07) is 0. The van der Waals surface area contributed by atoms with E-state index in [0.717, 1.165) is 44.8 Å². The quantitative estimate of drug-likeness (QED) is 0.695. The lowest BCUT2D eigenvalue weighted by molar-refractivity contribution is -0.158. The van der Waals surface area contributed by atoms with Gasteiger partial charge in [-0.3, -0.25) is 9.59 Å². The van der Waals surface area contributed by atoms with Crippen LogP contribution in [0.3, 0.4) is 0 Å². The topological polar surface area (TPSA) is 51.2 Å². The second-order valence-corrected chi connectivity index (χ2v) is 9.19. The second kappa shape index (κ2) is 5.00. The van der Waals surface area contributed by atoms with Crippen molar-refractivity contribution in [3.63, 3.8) is 0 Å². The molecule has 4 aliphatic rings. The van der Waals surface area contributed by atoms with Gasteiger partial charge in [0.15, 0.2) is 0 Å². The summed E-state index contributed by atoms with van der Waals surface area (Å²) in [5, 5.41) is 0. The molecule has 0 N–H and O–H groups in total. The van der Waals surface area contributed by atoms with Crippen molar-refractivity contribution in [2.75, 3.05) is 0 Å². The Bertz CT molecular complexity index is 567. The van der Waals surface area contributed by atoms with Crippen molar-refractivity contribution in [3.8, 4) is 0 Å². The van der Waals surface area contributed by atoms with Gasteiger partial charge >= 0.3 is 0 Å². The number of hydrogen-bond acceptors (Lipinski definition) is 3. The molecule has 4 fully saturated rings. The Balaban J connectivity index is 1.67. The molecule has 0 heterocycles. The molecule has 0 aromatic carbocycles. The second-order valence-electron chi connectivity index (χ2n) is 9.19. The fourth-order valence-electron chi connectivity index (χ4n) is 6.96. The number of carbonyl (C=O) groups is 3. The van der Waals surface area contributed by atoms with Crippen molar-refractivity contribution in [3.05, 3.63) is 0 Å². The maximum absolute atomic E-state index is 12.9. The molecular formula is C20H28O3. The van der Waals surface area contributed by atoms with Crippen molar-refractivity contribution >= 4 is 17.9 Å².